The quantitative estimate of drug-likeness (QED) is 0.362. The summed E-state index contributed by atoms with van der Waals surface area (Å²) in [4.78, 5) is 13.7. The number of hydrogen-bond acceptors (Lipinski definition) is 5. The zero-order chi connectivity index (χ0) is 21.5. The van der Waals surface area contributed by atoms with E-state index in [0.29, 0.717) is 21.1 Å². The third-order valence-corrected chi connectivity index (χ3v) is 6.91. The lowest BCUT2D eigenvalue weighted by Crippen LogP contribution is -2.11. The van der Waals surface area contributed by atoms with Crippen LogP contribution in [0.4, 0.5) is 15.8 Å². The lowest BCUT2D eigenvalue weighted by atomic mass is 10.0. The maximum atomic E-state index is 13.2. The maximum Gasteiger partial charge on any atom is 0.265 e. The molecule has 0 radical (unpaired) electrons. The highest BCUT2D eigenvalue weighted by Gasteiger charge is 2.14. The highest BCUT2D eigenvalue weighted by Crippen LogP contribution is 2.31. The molecule has 1 heterocycles. The first-order chi connectivity index (χ1) is 14.2. The van der Waals surface area contributed by atoms with Crippen LogP contribution in [0.2, 0.25) is 0 Å². The summed E-state index contributed by atoms with van der Waals surface area (Å²) in [5.74, 6) is -0.635. The Morgan fingerprint density at radius 1 is 1.03 bits per heavy atom. The van der Waals surface area contributed by atoms with Gasteiger partial charge in [0.15, 0.2) is 0 Å². The van der Waals surface area contributed by atoms with E-state index in [1.54, 1.807) is 48.5 Å². The Kier molecular flexibility index (Phi) is 5.05. The third-order valence-electron chi connectivity index (χ3n) is 4.64. The predicted molar refractivity (Wildman–Crippen MR) is 121 cm³/mol. The van der Waals surface area contributed by atoms with E-state index in [9.17, 15) is 13.4 Å². The van der Waals surface area contributed by atoms with Gasteiger partial charge in [-0.2, -0.15) is 0 Å². The fraction of sp³-hybridized carbons (Fsp3) is 0.0455. The third kappa shape index (κ3) is 4.05. The molecule has 1 amide bonds. The zero-order valence-corrected chi connectivity index (χ0v) is 17.6. The molecule has 0 fully saturated rings. The van der Waals surface area contributed by atoms with Crippen molar-refractivity contribution < 1.29 is 13.4 Å². The molecule has 0 saturated carbocycles. The molecule has 4 aromatic rings. The van der Waals surface area contributed by atoms with E-state index in [2.05, 4.69) is 5.32 Å². The average molecular weight is 440 g/mol. The SMILES string of the molecule is CS(=N)(=O)c1ccc2sc(C(=O)Nc3cc(-c4ccc(F)cc4)ccc3N)cc2c1. The van der Waals surface area contributed by atoms with Crippen LogP contribution >= 0.6 is 11.3 Å². The van der Waals surface area contributed by atoms with Crippen LogP contribution in [-0.2, 0) is 9.73 Å². The molecule has 0 saturated heterocycles. The second-order valence-electron chi connectivity index (χ2n) is 6.92. The monoisotopic (exact) mass is 439 g/mol. The topological polar surface area (TPSA) is 96.0 Å². The number of carbonyl (C=O) groups excluding carboxylic acids is 1. The minimum Gasteiger partial charge on any atom is -0.397 e. The molecule has 0 aliphatic heterocycles. The van der Waals surface area contributed by atoms with Crippen LogP contribution in [0, 0.1) is 10.6 Å². The second-order valence-corrected chi connectivity index (χ2v) is 10.2. The van der Waals surface area contributed by atoms with E-state index >= 15 is 0 Å². The van der Waals surface area contributed by atoms with Crippen molar-refractivity contribution in [3.8, 4) is 11.1 Å². The zero-order valence-electron chi connectivity index (χ0n) is 15.9. The van der Waals surface area contributed by atoms with Crippen molar-refractivity contribution in [2.45, 2.75) is 4.90 Å². The summed E-state index contributed by atoms with van der Waals surface area (Å²) < 4.78 is 33.7. The van der Waals surface area contributed by atoms with Gasteiger partial charge in [-0.3, -0.25) is 4.79 Å². The molecule has 0 spiro atoms. The molecule has 30 heavy (non-hydrogen) atoms. The summed E-state index contributed by atoms with van der Waals surface area (Å²) >= 11 is 1.30. The Morgan fingerprint density at radius 2 is 1.73 bits per heavy atom. The summed E-state index contributed by atoms with van der Waals surface area (Å²) in [6.45, 7) is 0. The number of carbonyl (C=O) groups is 1. The van der Waals surface area contributed by atoms with Gasteiger partial charge in [0, 0.05) is 15.9 Å². The van der Waals surface area contributed by atoms with Crippen molar-refractivity contribution in [1.29, 1.82) is 4.78 Å². The first-order valence-electron chi connectivity index (χ1n) is 8.95. The van der Waals surface area contributed by atoms with E-state index in [0.717, 1.165) is 21.2 Å². The number of benzene rings is 3. The second kappa shape index (κ2) is 7.55. The molecule has 5 nitrogen and oxygen atoms in total. The molecule has 1 aromatic heterocycles. The molecular formula is C22H18FN3O2S2. The van der Waals surface area contributed by atoms with Crippen LogP contribution in [0.15, 0.2) is 71.6 Å². The molecule has 1 unspecified atom stereocenters. The molecule has 152 valence electrons. The number of nitrogens with two attached hydrogens (primary N) is 1. The fourth-order valence-electron chi connectivity index (χ4n) is 3.05. The van der Waals surface area contributed by atoms with Crippen LogP contribution in [0.1, 0.15) is 9.67 Å². The summed E-state index contributed by atoms with van der Waals surface area (Å²) in [5, 5.41) is 3.59. The highest BCUT2D eigenvalue weighted by molar-refractivity contribution is 7.91. The fourth-order valence-corrected chi connectivity index (χ4v) is 4.66. The normalized spacial score (nSPS) is 13.1. The molecule has 4 rings (SSSR count). The molecule has 0 aliphatic rings. The molecule has 3 aromatic carbocycles. The van der Waals surface area contributed by atoms with Crippen LogP contribution < -0.4 is 11.1 Å². The van der Waals surface area contributed by atoms with Gasteiger partial charge in [0.1, 0.15) is 5.82 Å². The van der Waals surface area contributed by atoms with Crippen LogP contribution in [-0.4, -0.2) is 16.4 Å². The average Bonchev–Trinajstić information content (AvgIpc) is 3.13. The van der Waals surface area contributed by atoms with E-state index < -0.39 is 9.73 Å². The van der Waals surface area contributed by atoms with Crippen molar-refractivity contribution in [3.05, 3.63) is 77.4 Å². The molecule has 8 heteroatoms. The van der Waals surface area contributed by atoms with Gasteiger partial charge < -0.3 is 11.1 Å². The van der Waals surface area contributed by atoms with Gasteiger partial charge in [0.2, 0.25) is 0 Å². The lowest BCUT2D eigenvalue weighted by Gasteiger charge is -2.10. The van der Waals surface area contributed by atoms with Gasteiger partial charge in [0.25, 0.3) is 5.91 Å². The first kappa shape index (κ1) is 20.1. The number of rotatable bonds is 4. The Labute approximate surface area is 177 Å². The first-order valence-corrected chi connectivity index (χ1v) is 11.7. The van der Waals surface area contributed by atoms with Gasteiger partial charge in [0.05, 0.1) is 26.0 Å². The van der Waals surface area contributed by atoms with Gasteiger partial charge in [-0.15, -0.1) is 11.3 Å². The van der Waals surface area contributed by atoms with Crippen molar-refractivity contribution in [2.75, 3.05) is 17.3 Å². The lowest BCUT2D eigenvalue weighted by molar-refractivity contribution is 0.103. The summed E-state index contributed by atoms with van der Waals surface area (Å²) in [6.07, 6.45) is 1.37. The summed E-state index contributed by atoms with van der Waals surface area (Å²) in [5.41, 5.74) is 8.52. The van der Waals surface area contributed by atoms with Crippen molar-refractivity contribution in [3.63, 3.8) is 0 Å². The van der Waals surface area contributed by atoms with Gasteiger partial charge in [-0.1, -0.05) is 18.2 Å². The number of hydrogen-bond donors (Lipinski definition) is 3. The molecule has 1 atom stereocenters. The van der Waals surface area contributed by atoms with Gasteiger partial charge in [-0.05, 0) is 65.0 Å². The molecule has 0 bridgehead atoms. The van der Waals surface area contributed by atoms with Crippen molar-refractivity contribution in [2.24, 2.45) is 0 Å². The van der Waals surface area contributed by atoms with E-state index in [-0.39, 0.29) is 11.7 Å². The molecular weight excluding hydrogens is 421 g/mol. The van der Waals surface area contributed by atoms with Crippen molar-refractivity contribution in [1.82, 2.24) is 0 Å². The number of thiophene rings is 1. The number of anilines is 2. The standard InChI is InChI=1S/C22H18FN3O2S2/c1-30(25,28)17-7-9-20-15(10-17)12-21(29-20)22(27)26-19-11-14(4-8-18(19)24)13-2-5-16(23)6-3-13/h2-12,25H,24H2,1H3,(H,26,27). The van der Waals surface area contributed by atoms with Crippen molar-refractivity contribution >= 4 is 48.4 Å². The Morgan fingerprint density at radius 3 is 2.43 bits per heavy atom. The van der Waals surface area contributed by atoms with E-state index in [1.807, 2.05) is 6.07 Å². The number of halogens is 1. The smallest absolute Gasteiger partial charge is 0.265 e. The Balaban J connectivity index is 1.63. The van der Waals surface area contributed by atoms with E-state index in [1.165, 1.54) is 29.7 Å². The number of amides is 1. The summed E-state index contributed by atoms with van der Waals surface area (Å²) in [7, 11) is -2.83. The van der Waals surface area contributed by atoms with Crippen LogP contribution in [0.25, 0.3) is 21.2 Å². The number of nitrogens with one attached hydrogen (secondary N) is 2. The molecule has 4 N–H and O–H groups in total. The summed E-state index contributed by atoms with van der Waals surface area (Å²) in [6, 6.07) is 18.1. The van der Waals surface area contributed by atoms with Crippen LogP contribution in [0.3, 0.4) is 0 Å². The number of nitrogen functional groups attached to an aromatic ring is 1. The molecule has 0 aliphatic carbocycles. The number of fused-ring (bicyclic) bond motifs is 1. The maximum absolute atomic E-state index is 13.2. The van der Waals surface area contributed by atoms with E-state index in [4.69, 9.17) is 10.5 Å². The predicted octanol–water partition coefficient (Wildman–Crippen LogP) is 5.58. The largest absolute Gasteiger partial charge is 0.397 e. The van der Waals surface area contributed by atoms with Gasteiger partial charge in [-0.25, -0.2) is 13.4 Å². The Hall–Kier alpha value is -3.23. The Bertz CT molecular complexity index is 1380. The highest BCUT2D eigenvalue weighted by atomic mass is 32.2. The minimum absolute atomic E-state index is 0.316. The van der Waals surface area contributed by atoms with Gasteiger partial charge >= 0.3 is 0 Å². The minimum atomic E-state index is -2.83. The van der Waals surface area contributed by atoms with Crippen LogP contribution in [0.5, 0.6) is 0 Å².